The molecule has 1 atom stereocenters. The number of benzene rings is 1. The number of rotatable bonds is 17. The molecule has 0 bridgehead atoms. The van der Waals surface area contributed by atoms with E-state index < -0.39 is 12.1 Å². The predicted molar refractivity (Wildman–Crippen MR) is 114 cm³/mol. The van der Waals surface area contributed by atoms with Gasteiger partial charge in [0, 0.05) is 6.42 Å². The van der Waals surface area contributed by atoms with Gasteiger partial charge in [0.2, 0.25) is 5.91 Å². The van der Waals surface area contributed by atoms with Gasteiger partial charge in [-0.3, -0.25) is 20.1 Å². The van der Waals surface area contributed by atoms with Crippen molar-refractivity contribution in [3.8, 4) is 5.75 Å². The molecule has 0 aliphatic heterocycles. The Labute approximate surface area is 182 Å². The minimum atomic E-state index is -1.01. The monoisotopic (exact) mass is 439 g/mol. The number of aliphatic carboxylic acids is 1. The highest BCUT2D eigenvalue weighted by Crippen LogP contribution is 2.16. The second-order valence-corrected chi connectivity index (χ2v) is 7.17. The largest absolute Gasteiger partial charge is 0.485 e. The van der Waals surface area contributed by atoms with E-state index in [0.717, 1.165) is 31.2 Å². The molecule has 0 aliphatic carbocycles. The minimum absolute atomic E-state index is 0.0659. The zero-order valence-electron chi connectivity index (χ0n) is 17.9. The first kappa shape index (κ1) is 26.6. The number of hydrogen-bond donors (Lipinski definition) is 4. The molecular formula is C22H33NO8. The molecule has 9 nitrogen and oxygen atoms in total. The maximum atomic E-state index is 12.1. The lowest BCUT2D eigenvalue weighted by Crippen LogP contribution is -2.35. The fraction of sp³-hybridized carbons (Fsp3) is 0.545. The summed E-state index contributed by atoms with van der Waals surface area (Å²) >= 11 is 0. The summed E-state index contributed by atoms with van der Waals surface area (Å²) in [5, 5.41) is 28.8. The highest BCUT2D eigenvalue weighted by atomic mass is 17.1. The van der Waals surface area contributed by atoms with E-state index in [-0.39, 0.29) is 38.0 Å². The van der Waals surface area contributed by atoms with Crippen LogP contribution >= 0.6 is 0 Å². The van der Waals surface area contributed by atoms with Gasteiger partial charge >= 0.3 is 5.97 Å². The van der Waals surface area contributed by atoms with E-state index in [1.165, 1.54) is 0 Å². The zero-order chi connectivity index (χ0) is 22.9. The quantitative estimate of drug-likeness (QED) is 0.125. The second kappa shape index (κ2) is 16.3. The first-order valence-corrected chi connectivity index (χ1v) is 10.4. The number of ether oxygens (including phenoxy) is 1. The summed E-state index contributed by atoms with van der Waals surface area (Å²) in [5.74, 6) is -0.810. The van der Waals surface area contributed by atoms with Crippen LogP contribution in [0.3, 0.4) is 0 Å². The third kappa shape index (κ3) is 12.7. The van der Waals surface area contributed by atoms with Gasteiger partial charge in [-0.25, -0.2) is 9.78 Å². The molecule has 1 amide bonds. The molecule has 9 heteroatoms. The molecule has 0 heterocycles. The fourth-order valence-electron chi connectivity index (χ4n) is 2.87. The number of unbranched alkanes of at least 4 members (excludes halogenated alkanes) is 3. The van der Waals surface area contributed by atoms with Crippen LogP contribution in [-0.4, -0.2) is 52.9 Å². The van der Waals surface area contributed by atoms with Crippen molar-refractivity contribution in [2.24, 2.45) is 0 Å². The number of carboxylic acids is 1. The van der Waals surface area contributed by atoms with Crippen molar-refractivity contribution in [2.75, 3.05) is 13.2 Å². The molecule has 4 N–H and O–H groups in total. The molecule has 1 rings (SSSR count). The first-order chi connectivity index (χ1) is 15.0. The molecule has 0 radical (unpaired) electrons. The molecule has 1 aromatic carbocycles. The van der Waals surface area contributed by atoms with E-state index in [1.54, 1.807) is 12.1 Å². The number of hydrogen-bond acceptors (Lipinski definition) is 7. The van der Waals surface area contributed by atoms with Crippen molar-refractivity contribution in [3.05, 3.63) is 42.0 Å². The van der Waals surface area contributed by atoms with E-state index in [2.05, 4.69) is 22.0 Å². The van der Waals surface area contributed by atoms with Crippen molar-refractivity contribution in [1.82, 2.24) is 5.32 Å². The number of amides is 1. The molecule has 0 aromatic heterocycles. The normalized spacial score (nSPS) is 12.3. The molecule has 0 fully saturated rings. The molecule has 31 heavy (non-hydrogen) atoms. The van der Waals surface area contributed by atoms with Gasteiger partial charge < -0.3 is 15.2 Å². The van der Waals surface area contributed by atoms with Crippen LogP contribution in [0.2, 0.25) is 0 Å². The van der Waals surface area contributed by atoms with Crippen LogP contribution in [0.1, 0.15) is 51.0 Å². The topological polar surface area (TPSA) is 135 Å². The lowest BCUT2D eigenvalue weighted by Gasteiger charge is -2.17. The average molecular weight is 440 g/mol. The van der Waals surface area contributed by atoms with Gasteiger partial charge in [0.1, 0.15) is 19.0 Å². The van der Waals surface area contributed by atoms with Crippen LogP contribution in [0.25, 0.3) is 0 Å². The van der Waals surface area contributed by atoms with Gasteiger partial charge in [-0.05, 0) is 37.0 Å². The van der Waals surface area contributed by atoms with E-state index in [1.807, 2.05) is 24.3 Å². The summed E-state index contributed by atoms with van der Waals surface area (Å²) in [6, 6.07) is 6.88. The summed E-state index contributed by atoms with van der Waals surface area (Å²) < 4.78 is 5.57. The summed E-state index contributed by atoms with van der Waals surface area (Å²) in [4.78, 5) is 30.9. The lowest BCUT2D eigenvalue weighted by atomic mass is 10.0. The molecule has 0 saturated heterocycles. The number of allylic oxidation sites excluding steroid dienone is 1. The number of carbonyl (C=O) groups is 2. The van der Waals surface area contributed by atoms with Gasteiger partial charge in [-0.1, -0.05) is 44.1 Å². The lowest BCUT2D eigenvalue weighted by molar-refractivity contribution is -0.286. The number of carboxylic acid groups (broad SMARTS) is 1. The van der Waals surface area contributed by atoms with Crippen LogP contribution in [0, 0.1) is 0 Å². The molecule has 1 unspecified atom stereocenters. The van der Waals surface area contributed by atoms with Crippen LogP contribution in [0.5, 0.6) is 5.75 Å². The summed E-state index contributed by atoms with van der Waals surface area (Å²) in [6.07, 6.45) is 7.84. The van der Waals surface area contributed by atoms with E-state index in [4.69, 9.17) is 20.4 Å². The van der Waals surface area contributed by atoms with Crippen molar-refractivity contribution in [3.63, 3.8) is 0 Å². The van der Waals surface area contributed by atoms with Crippen molar-refractivity contribution < 1.29 is 39.7 Å². The molecule has 0 saturated carbocycles. The van der Waals surface area contributed by atoms with E-state index >= 15 is 0 Å². The van der Waals surface area contributed by atoms with Crippen LogP contribution in [0.15, 0.2) is 36.4 Å². The Hall–Kier alpha value is -2.46. The van der Waals surface area contributed by atoms with E-state index in [0.29, 0.717) is 12.2 Å². The summed E-state index contributed by atoms with van der Waals surface area (Å²) in [7, 11) is 0. The maximum Gasteiger partial charge on any atom is 0.303 e. The smallest absolute Gasteiger partial charge is 0.303 e. The van der Waals surface area contributed by atoms with Crippen LogP contribution in [-0.2, 0) is 25.8 Å². The van der Waals surface area contributed by atoms with Gasteiger partial charge in [-0.2, -0.15) is 0 Å². The van der Waals surface area contributed by atoms with E-state index in [9.17, 15) is 9.59 Å². The Morgan fingerprint density at radius 1 is 1.06 bits per heavy atom. The highest BCUT2D eigenvalue weighted by molar-refractivity contribution is 5.81. The van der Waals surface area contributed by atoms with Gasteiger partial charge in [0.05, 0.1) is 12.5 Å². The Balaban J connectivity index is 2.72. The highest BCUT2D eigenvalue weighted by Gasteiger charge is 2.14. The molecular weight excluding hydrogens is 406 g/mol. The number of carbonyl (C=O) groups excluding carboxylic acids is 1. The van der Waals surface area contributed by atoms with Crippen molar-refractivity contribution in [1.29, 1.82) is 0 Å². The first-order valence-electron chi connectivity index (χ1n) is 10.4. The zero-order valence-corrected chi connectivity index (χ0v) is 17.9. The van der Waals surface area contributed by atoms with Gasteiger partial charge in [-0.15, -0.1) is 0 Å². The fourth-order valence-corrected chi connectivity index (χ4v) is 2.87. The Morgan fingerprint density at radius 3 is 2.32 bits per heavy atom. The number of nitrogens with one attached hydrogen (secondary N) is 1. The molecule has 1 aromatic rings. The van der Waals surface area contributed by atoms with Crippen LogP contribution < -0.4 is 10.1 Å². The third-order valence-electron chi connectivity index (χ3n) is 4.46. The SMILES string of the molecule is CCCCCC=CC(Cc1ccc(OC(COO)COO)cc1)NC(=O)CCC(=O)O. The Bertz CT molecular complexity index is 656. The minimum Gasteiger partial charge on any atom is -0.485 e. The molecule has 0 aliphatic rings. The Kier molecular flexibility index (Phi) is 13.9. The second-order valence-electron chi connectivity index (χ2n) is 7.17. The Morgan fingerprint density at radius 2 is 1.74 bits per heavy atom. The molecule has 0 spiro atoms. The molecule has 174 valence electrons. The summed E-state index contributed by atoms with van der Waals surface area (Å²) in [6.45, 7) is 1.80. The predicted octanol–water partition coefficient (Wildman–Crippen LogP) is 3.44. The van der Waals surface area contributed by atoms with Gasteiger partial charge in [0.25, 0.3) is 0 Å². The standard InChI is InChI=1S/C22H33NO8/c1-2-3-4-5-6-7-18(23-21(24)12-13-22(25)26)14-17-8-10-19(11-9-17)31-20(15-29-27)16-30-28/h6-11,18,20,27-28H,2-5,12-16H2,1H3,(H,23,24)(H,25,26). The van der Waals surface area contributed by atoms with Crippen molar-refractivity contribution >= 4 is 11.9 Å². The summed E-state index contributed by atoms with van der Waals surface area (Å²) in [5.41, 5.74) is 0.947. The maximum absolute atomic E-state index is 12.1. The van der Waals surface area contributed by atoms with Crippen LogP contribution in [0.4, 0.5) is 0 Å². The third-order valence-corrected chi connectivity index (χ3v) is 4.46. The average Bonchev–Trinajstić information content (AvgIpc) is 2.74. The van der Waals surface area contributed by atoms with Crippen molar-refractivity contribution in [2.45, 2.75) is 64.0 Å². The van der Waals surface area contributed by atoms with Gasteiger partial charge in [0.15, 0.2) is 6.10 Å².